The summed E-state index contributed by atoms with van der Waals surface area (Å²) < 4.78 is 0. The largest absolute Gasteiger partial charge is 0.252 e. The molecule has 0 aromatic rings. The lowest BCUT2D eigenvalue weighted by molar-refractivity contribution is -0.242. The van der Waals surface area contributed by atoms with Gasteiger partial charge in [0.25, 0.3) is 0 Å². The van der Waals surface area contributed by atoms with Crippen molar-refractivity contribution in [3.63, 3.8) is 0 Å². The fourth-order valence-corrected chi connectivity index (χ4v) is 2.08. The van der Waals surface area contributed by atoms with E-state index in [2.05, 4.69) is 4.89 Å². The Kier molecular flexibility index (Phi) is 5.37. The molecule has 1 aliphatic rings. The molecule has 0 spiro atoms. The zero-order valence-corrected chi connectivity index (χ0v) is 7.80. The summed E-state index contributed by atoms with van der Waals surface area (Å²) in [6, 6.07) is 0. The first-order valence-corrected chi connectivity index (χ1v) is 5.20. The number of unbranched alkanes of at least 4 members (excludes halogenated alkanes) is 1. The van der Waals surface area contributed by atoms with Crippen molar-refractivity contribution in [1.82, 2.24) is 0 Å². The molecule has 0 unspecified atom stereocenters. The molecule has 12 heavy (non-hydrogen) atoms. The van der Waals surface area contributed by atoms with E-state index in [0.29, 0.717) is 6.61 Å². The van der Waals surface area contributed by atoms with E-state index in [4.69, 9.17) is 5.26 Å². The fourth-order valence-electron chi connectivity index (χ4n) is 2.08. The Morgan fingerprint density at radius 2 is 1.83 bits per heavy atom. The minimum atomic E-state index is 0.507. The molecule has 0 saturated heterocycles. The van der Waals surface area contributed by atoms with Crippen LogP contribution in [-0.2, 0) is 4.89 Å². The summed E-state index contributed by atoms with van der Waals surface area (Å²) in [5.74, 6) is 0.970. The van der Waals surface area contributed by atoms with Crippen molar-refractivity contribution in [3.05, 3.63) is 0 Å². The predicted octanol–water partition coefficient (Wildman–Crippen LogP) is 3.23. The van der Waals surface area contributed by atoms with Crippen LogP contribution in [0.3, 0.4) is 0 Å². The summed E-state index contributed by atoms with van der Waals surface area (Å²) in [5, 5.41) is 8.10. The maximum absolute atomic E-state index is 8.10. The predicted molar refractivity (Wildman–Crippen MR) is 49.0 cm³/mol. The molecular formula is C10H20O2. The van der Waals surface area contributed by atoms with Crippen molar-refractivity contribution in [3.8, 4) is 0 Å². The minimum Gasteiger partial charge on any atom is -0.252 e. The van der Waals surface area contributed by atoms with Gasteiger partial charge >= 0.3 is 0 Å². The Morgan fingerprint density at radius 3 is 2.50 bits per heavy atom. The third-order valence-electron chi connectivity index (χ3n) is 2.82. The average Bonchev–Trinajstić information content (AvgIpc) is 2.14. The van der Waals surface area contributed by atoms with Crippen LogP contribution < -0.4 is 0 Å². The first-order chi connectivity index (χ1) is 5.93. The van der Waals surface area contributed by atoms with Crippen molar-refractivity contribution in [2.24, 2.45) is 5.92 Å². The highest BCUT2D eigenvalue weighted by Gasteiger charge is 2.12. The second-order valence-corrected chi connectivity index (χ2v) is 3.83. The first-order valence-electron chi connectivity index (χ1n) is 5.20. The summed E-state index contributed by atoms with van der Waals surface area (Å²) in [7, 11) is 0. The van der Waals surface area contributed by atoms with Gasteiger partial charge < -0.3 is 0 Å². The molecule has 1 fully saturated rings. The molecule has 0 aromatic heterocycles. The lowest BCUT2D eigenvalue weighted by atomic mass is 9.86. The highest BCUT2D eigenvalue weighted by Crippen LogP contribution is 2.27. The van der Waals surface area contributed by atoms with Crippen LogP contribution in [0.4, 0.5) is 0 Å². The monoisotopic (exact) mass is 172 g/mol. The van der Waals surface area contributed by atoms with E-state index >= 15 is 0 Å². The second-order valence-electron chi connectivity index (χ2n) is 3.83. The highest BCUT2D eigenvalue weighted by atomic mass is 17.1. The molecular weight excluding hydrogens is 152 g/mol. The van der Waals surface area contributed by atoms with Crippen LogP contribution in [0, 0.1) is 5.92 Å². The van der Waals surface area contributed by atoms with Gasteiger partial charge in [0.05, 0.1) is 6.61 Å². The molecule has 1 saturated carbocycles. The molecule has 2 heteroatoms. The maximum atomic E-state index is 8.10. The molecule has 0 radical (unpaired) electrons. The number of hydrogen-bond acceptors (Lipinski definition) is 2. The zero-order chi connectivity index (χ0) is 8.65. The Bertz CT molecular complexity index is 98.0. The van der Waals surface area contributed by atoms with Crippen molar-refractivity contribution in [2.45, 2.75) is 51.4 Å². The van der Waals surface area contributed by atoms with E-state index in [-0.39, 0.29) is 0 Å². The van der Waals surface area contributed by atoms with Gasteiger partial charge in [-0.05, 0) is 12.3 Å². The lowest BCUT2D eigenvalue weighted by Gasteiger charge is -2.20. The van der Waals surface area contributed by atoms with E-state index in [1.807, 2.05) is 0 Å². The topological polar surface area (TPSA) is 29.5 Å². The quantitative estimate of drug-likeness (QED) is 0.392. The molecule has 2 nitrogen and oxygen atoms in total. The van der Waals surface area contributed by atoms with Gasteiger partial charge in [0.15, 0.2) is 0 Å². The molecule has 1 rings (SSSR count). The van der Waals surface area contributed by atoms with Gasteiger partial charge in [0, 0.05) is 0 Å². The van der Waals surface area contributed by atoms with Crippen LogP contribution in [0.1, 0.15) is 51.4 Å². The van der Waals surface area contributed by atoms with Crippen LogP contribution in [0.25, 0.3) is 0 Å². The van der Waals surface area contributed by atoms with E-state index in [1.54, 1.807) is 0 Å². The summed E-state index contributed by atoms with van der Waals surface area (Å²) in [6.07, 6.45) is 10.7. The zero-order valence-electron chi connectivity index (χ0n) is 7.80. The smallest absolute Gasteiger partial charge is 0.0819 e. The van der Waals surface area contributed by atoms with Crippen LogP contribution >= 0.6 is 0 Å². The molecule has 72 valence electrons. The summed E-state index contributed by atoms with van der Waals surface area (Å²) in [4.78, 5) is 4.03. The molecule has 0 atom stereocenters. The van der Waals surface area contributed by atoms with Gasteiger partial charge in [-0.3, -0.25) is 5.26 Å². The molecule has 1 aliphatic carbocycles. The SMILES string of the molecule is OOCCCCC1CCCCC1. The van der Waals surface area contributed by atoms with Gasteiger partial charge in [0.2, 0.25) is 0 Å². The van der Waals surface area contributed by atoms with Gasteiger partial charge in [-0.15, -0.1) is 0 Å². The highest BCUT2D eigenvalue weighted by molar-refractivity contribution is 4.65. The third-order valence-corrected chi connectivity index (χ3v) is 2.82. The van der Waals surface area contributed by atoms with Crippen LogP contribution in [0.5, 0.6) is 0 Å². The lowest BCUT2D eigenvalue weighted by Crippen LogP contribution is -2.06. The van der Waals surface area contributed by atoms with Crippen LogP contribution in [0.15, 0.2) is 0 Å². The van der Waals surface area contributed by atoms with Crippen molar-refractivity contribution >= 4 is 0 Å². The second kappa shape index (κ2) is 6.44. The summed E-state index contributed by atoms with van der Waals surface area (Å²) in [5.41, 5.74) is 0. The number of hydrogen-bond donors (Lipinski definition) is 1. The average molecular weight is 172 g/mol. The summed E-state index contributed by atoms with van der Waals surface area (Å²) in [6.45, 7) is 0.507. The molecule has 0 amide bonds. The van der Waals surface area contributed by atoms with Gasteiger partial charge in [-0.2, -0.15) is 0 Å². The third kappa shape index (κ3) is 4.07. The Labute approximate surface area is 74.9 Å². The van der Waals surface area contributed by atoms with E-state index in [1.165, 1.54) is 44.9 Å². The Morgan fingerprint density at radius 1 is 1.08 bits per heavy atom. The minimum absolute atomic E-state index is 0.507. The molecule has 0 bridgehead atoms. The van der Waals surface area contributed by atoms with Crippen LogP contribution in [-0.4, -0.2) is 11.9 Å². The standard InChI is InChI=1S/C10H20O2/c11-12-9-5-4-8-10-6-2-1-3-7-10/h10-11H,1-9H2. The Balaban J connectivity index is 1.91. The van der Waals surface area contributed by atoms with Gasteiger partial charge in [0.1, 0.15) is 0 Å². The van der Waals surface area contributed by atoms with E-state index in [9.17, 15) is 0 Å². The summed E-state index contributed by atoms with van der Waals surface area (Å²) >= 11 is 0. The maximum Gasteiger partial charge on any atom is 0.0819 e. The normalized spacial score (nSPS) is 19.8. The van der Waals surface area contributed by atoms with Crippen molar-refractivity contribution in [2.75, 3.05) is 6.61 Å². The van der Waals surface area contributed by atoms with Gasteiger partial charge in [-0.25, -0.2) is 4.89 Å². The van der Waals surface area contributed by atoms with Crippen LogP contribution in [0.2, 0.25) is 0 Å². The Hall–Kier alpha value is -0.0800. The van der Waals surface area contributed by atoms with Gasteiger partial charge in [-0.1, -0.05) is 44.9 Å². The molecule has 0 heterocycles. The van der Waals surface area contributed by atoms with E-state index < -0.39 is 0 Å². The number of rotatable bonds is 5. The van der Waals surface area contributed by atoms with Crippen molar-refractivity contribution < 1.29 is 10.1 Å². The van der Waals surface area contributed by atoms with Crippen molar-refractivity contribution in [1.29, 1.82) is 0 Å². The fraction of sp³-hybridized carbons (Fsp3) is 1.00. The first kappa shape index (κ1) is 10.0. The molecule has 0 aromatic carbocycles. The molecule has 1 N–H and O–H groups in total. The molecule has 0 aliphatic heterocycles. The van der Waals surface area contributed by atoms with E-state index in [0.717, 1.165) is 12.3 Å².